The van der Waals surface area contributed by atoms with Crippen LogP contribution in [0.1, 0.15) is 40.2 Å². The molecule has 1 heterocycles. The third-order valence-electron chi connectivity index (χ3n) is 6.55. The maximum Gasteiger partial charge on any atom is 0.411 e. The topological polar surface area (TPSA) is 115 Å². The summed E-state index contributed by atoms with van der Waals surface area (Å²) in [5.74, 6) is 0.255. The zero-order valence-corrected chi connectivity index (χ0v) is 19.9. The lowest BCUT2D eigenvalue weighted by Crippen LogP contribution is -2.31. The number of carbonyl (C=O) groups excluding carboxylic acids is 2. The molecule has 2 amide bonds. The summed E-state index contributed by atoms with van der Waals surface area (Å²) in [4.78, 5) is 24.7. The highest BCUT2D eigenvalue weighted by Gasteiger charge is 2.39. The van der Waals surface area contributed by atoms with Crippen molar-refractivity contribution in [2.75, 3.05) is 29.6 Å². The molecule has 0 bridgehead atoms. The number of carbonyl (C=O) groups is 2. The standard InChI is InChI=1S/C28H30N4O4/c29-24-3-1-2-4-25(24)32-27(33)20-9-11-21(12-10-20)31-28(34)36-16-18-5-7-19(8-6-18)23-15-26(23)30-22-13-14-35-17-22/h1-12,22-23,26,30H,13-17,29H2,(H,31,34)(H,32,33)/t22?,23?,26-/m0/s1. The number of hydrogen-bond donors (Lipinski definition) is 4. The molecule has 0 radical (unpaired) electrons. The molecule has 1 saturated carbocycles. The Balaban J connectivity index is 1.06. The minimum absolute atomic E-state index is 0.177. The fourth-order valence-electron chi connectivity index (χ4n) is 4.39. The Morgan fingerprint density at radius 1 is 0.972 bits per heavy atom. The first-order valence-corrected chi connectivity index (χ1v) is 12.2. The van der Waals surface area contributed by atoms with Crippen LogP contribution in [0.2, 0.25) is 0 Å². The predicted molar refractivity (Wildman–Crippen MR) is 139 cm³/mol. The summed E-state index contributed by atoms with van der Waals surface area (Å²) in [5, 5.41) is 9.13. The molecule has 5 N–H and O–H groups in total. The number of rotatable bonds is 8. The van der Waals surface area contributed by atoms with Crippen LogP contribution in [-0.4, -0.2) is 37.3 Å². The number of ether oxygens (including phenoxy) is 2. The van der Waals surface area contributed by atoms with Crippen LogP contribution in [0.15, 0.2) is 72.8 Å². The van der Waals surface area contributed by atoms with E-state index in [0.717, 1.165) is 31.6 Å². The molecule has 5 rings (SSSR count). The first kappa shape index (κ1) is 23.8. The molecular weight excluding hydrogens is 456 g/mol. The fraction of sp³-hybridized carbons (Fsp3) is 0.286. The maximum atomic E-state index is 12.4. The Hall–Kier alpha value is -3.88. The summed E-state index contributed by atoms with van der Waals surface area (Å²) in [5.41, 5.74) is 10.1. The summed E-state index contributed by atoms with van der Waals surface area (Å²) >= 11 is 0. The van der Waals surface area contributed by atoms with E-state index in [0.29, 0.717) is 40.6 Å². The van der Waals surface area contributed by atoms with Crippen LogP contribution in [0.3, 0.4) is 0 Å². The predicted octanol–water partition coefficient (Wildman–Crippen LogP) is 4.50. The van der Waals surface area contributed by atoms with Gasteiger partial charge in [0.1, 0.15) is 6.61 Å². The van der Waals surface area contributed by atoms with E-state index >= 15 is 0 Å². The Bertz CT molecular complexity index is 1210. The molecule has 2 unspecified atom stereocenters. The third kappa shape index (κ3) is 6.02. The van der Waals surface area contributed by atoms with Crippen molar-refractivity contribution in [1.29, 1.82) is 0 Å². The van der Waals surface area contributed by atoms with Crippen molar-refractivity contribution < 1.29 is 19.1 Å². The van der Waals surface area contributed by atoms with Crippen molar-refractivity contribution >= 4 is 29.1 Å². The van der Waals surface area contributed by atoms with Gasteiger partial charge in [-0.2, -0.15) is 0 Å². The molecule has 8 nitrogen and oxygen atoms in total. The van der Waals surface area contributed by atoms with E-state index in [1.165, 1.54) is 5.56 Å². The van der Waals surface area contributed by atoms with Gasteiger partial charge in [0.05, 0.1) is 18.0 Å². The highest BCUT2D eigenvalue weighted by molar-refractivity contribution is 6.06. The van der Waals surface area contributed by atoms with Crippen molar-refractivity contribution in [1.82, 2.24) is 5.32 Å². The maximum absolute atomic E-state index is 12.4. The van der Waals surface area contributed by atoms with Gasteiger partial charge in [-0.15, -0.1) is 0 Å². The molecule has 3 aromatic carbocycles. The molecular formula is C28H30N4O4. The molecule has 2 fully saturated rings. The second-order valence-corrected chi connectivity index (χ2v) is 9.24. The first-order chi connectivity index (χ1) is 17.5. The Morgan fingerprint density at radius 3 is 2.47 bits per heavy atom. The van der Waals surface area contributed by atoms with E-state index < -0.39 is 6.09 Å². The second-order valence-electron chi connectivity index (χ2n) is 9.24. The molecule has 1 aliphatic carbocycles. The van der Waals surface area contributed by atoms with Crippen LogP contribution in [0.4, 0.5) is 21.9 Å². The van der Waals surface area contributed by atoms with E-state index in [-0.39, 0.29) is 12.5 Å². The van der Waals surface area contributed by atoms with Gasteiger partial charge >= 0.3 is 6.09 Å². The molecule has 0 spiro atoms. The quantitative estimate of drug-likeness (QED) is 0.349. The Labute approximate surface area is 210 Å². The molecule has 36 heavy (non-hydrogen) atoms. The second kappa shape index (κ2) is 10.8. The fourth-order valence-corrected chi connectivity index (χ4v) is 4.39. The highest BCUT2D eigenvalue weighted by atomic mass is 16.5. The van der Waals surface area contributed by atoms with E-state index in [9.17, 15) is 9.59 Å². The number of para-hydroxylation sites is 2. The summed E-state index contributed by atoms with van der Waals surface area (Å²) in [6.45, 7) is 1.84. The van der Waals surface area contributed by atoms with Crippen LogP contribution < -0.4 is 21.7 Å². The highest BCUT2D eigenvalue weighted by Crippen LogP contribution is 2.41. The number of anilines is 3. The zero-order valence-electron chi connectivity index (χ0n) is 19.9. The lowest BCUT2D eigenvalue weighted by Gasteiger charge is -2.11. The summed E-state index contributed by atoms with van der Waals surface area (Å²) < 4.78 is 10.8. The molecule has 186 valence electrons. The van der Waals surface area contributed by atoms with Gasteiger partial charge in [-0.05, 0) is 60.4 Å². The van der Waals surface area contributed by atoms with Crippen molar-refractivity contribution in [2.24, 2.45) is 0 Å². The largest absolute Gasteiger partial charge is 0.444 e. The van der Waals surface area contributed by atoms with Crippen LogP contribution in [-0.2, 0) is 16.1 Å². The molecule has 0 aromatic heterocycles. The average Bonchev–Trinajstić information content (AvgIpc) is 3.46. The van der Waals surface area contributed by atoms with E-state index in [1.807, 2.05) is 12.1 Å². The van der Waals surface area contributed by atoms with Crippen LogP contribution in [0.25, 0.3) is 0 Å². The van der Waals surface area contributed by atoms with Gasteiger partial charge < -0.3 is 25.8 Å². The van der Waals surface area contributed by atoms with Crippen molar-refractivity contribution in [3.8, 4) is 0 Å². The van der Waals surface area contributed by atoms with Crippen molar-refractivity contribution in [3.63, 3.8) is 0 Å². The zero-order chi connectivity index (χ0) is 24.9. The number of nitrogens with two attached hydrogens (primary N) is 1. The number of nitrogen functional groups attached to an aromatic ring is 1. The summed E-state index contributed by atoms with van der Waals surface area (Å²) in [7, 11) is 0. The van der Waals surface area contributed by atoms with Crippen LogP contribution >= 0.6 is 0 Å². The van der Waals surface area contributed by atoms with Gasteiger partial charge in [0.25, 0.3) is 5.91 Å². The average molecular weight is 487 g/mol. The van der Waals surface area contributed by atoms with Crippen molar-refractivity contribution in [2.45, 2.75) is 37.5 Å². The molecule has 1 aliphatic heterocycles. The normalized spacial score (nSPS) is 20.5. The van der Waals surface area contributed by atoms with Gasteiger partial charge in [-0.25, -0.2) is 4.79 Å². The SMILES string of the molecule is Nc1ccccc1NC(=O)c1ccc(NC(=O)OCc2ccc(C3C[C@@H]3NC3CCOC3)cc2)cc1. The third-order valence-corrected chi connectivity index (χ3v) is 6.55. The van der Waals surface area contributed by atoms with E-state index in [2.05, 4.69) is 28.1 Å². The monoisotopic (exact) mass is 486 g/mol. The lowest BCUT2D eigenvalue weighted by molar-refractivity contribution is 0.102. The van der Waals surface area contributed by atoms with Gasteiger partial charge in [0.15, 0.2) is 0 Å². The summed E-state index contributed by atoms with van der Waals surface area (Å²) in [6.07, 6.45) is 1.68. The van der Waals surface area contributed by atoms with Gasteiger partial charge in [0, 0.05) is 35.9 Å². The molecule has 2 aliphatic rings. The van der Waals surface area contributed by atoms with Crippen LogP contribution in [0, 0.1) is 0 Å². The molecule has 3 aromatic rings. The lowest BCUT2D eigenvalue weighted by atomic mass is 10.1. The number of benzene rings is 3. The van der Waals surface area contributed by atoms with E-state index in [1.54, 1.807) is 48.5 Å². The van der Waals surface area contributed by atoms with E-state index in [4.69, 9.17) is 15.2 Å². The molecule has 1 saturated heterocycles. The Kier molecular flexibility index (Phi) is 7.16. The Morgan fingerprint density at radius 2 is 1.75 bits per heavy atom. The smallest absolute Gasteiger partial charge is 0.411 e. The minimum Gasteiger partial charge on any atom is -0.444 e. The first-order valence-electron chi connectivity index (χ1n) is 12.2. The number of nitrogens with one attached hydrogen (secondary N) is 3. The van der Waals surface area contributed by atoms with Gasteiger partial charge in [-0.1, -0.05) is 36.4 Å². The molecule has 3 atom stereocenters. The summed E-state index contributed by atoms with van der Waals surface area (Å²) in [6, 6.07) is 22.8. The number of hydrogen-bond acceptors (Lipinski definition) is 6. The van der Waals surface area contributed by atoms with Crippen LogP contribution in [0.5, 0.6) is 0 Å². The van der Waals surface area contributed by atoms with Gasteiger partial charge in [-0.3, -0.25) is 10.1 Å². The van der Waals surface area contributed by atoms with Crippen molar-refractivity contribution in [3.05, 3.63) is 89.5 Å². The molecule has 8 heteroatoms. The minimum atomic E-state index is -0.557. The van der Waals surface area contributed by atoms with Gasteiger partial charge in [0.2, 0.25) is 0 Å². The number of amides is 2.